The lowest BCUT2D eigenvalue weighted by atomic mass is 10.0. The molecular weight excluding hydrogens is 300 g/mol. The van der Waals surface area contributed by atoms with E-state index in [1.807, 2.05) is 0 Å². The third kappa shape index (κ3) is 4.79. The smallest absolute Gasteiger partial charge is 0.251 e. The molecule has 104 valence electrons. The number of rotatable bonds is 7. The molecule has 1 unspecified atom stereocenters. The summed E-state index contributed by atoms with van der Waals surface area (Å²) in [7, 11) is -2.16. The predicted octanol–water partition coefficient (Wildman–Crippen LogP) is 0.862. The fourth-order valence-corrected chi connectivity index (χ4v) is 3.59. The molecule has 0 spiro atoms. The van der Waals surface area contributed by atoms with Crippen molar-refractivity contribution in [1.29, 1.82) is 0 Å². The van der Waals surface area contributed by atoms with Crippen LogP contribution in [0.3, 0.4) is 0 Å². The van der Waals surface area contributed by atoms with Crippen LogP contribution in [0.4, 0.5) is 0 Å². The highest BCUT2D eigenvalue weighted by Gasteiger charge is 2.25. The van der Waals surface area contributed by atoms with Crippen LogP contribution >= 0.6 is 22.9 Å². The zero-order valence-corrected chi connectivity index (χ0v) is 12.4. The van der Waals surface area contributed by atoms with E-state index in [0.29, 0.717) is 13.0 Å². The molecule has 18 heavy (non-hydrogen) atoms. The summed E-state index contributed by atoms with van der Waals surface area (Å²) in [4.78, 5) is 3.66. The van der Waals surface area contributed by atoms with Crippen molar-refractivity contribution in [2.45, 2.75) is 23.2 Å². The first-order valence-electron chi connectivity index (χ1n) is 5.09. The van der Waals surface area contributed by atoms with Gasteiger partial charge in [0.1, 0.15) is 0 Å². The first kappa shape index (κ1) is 15.8. The quantitative estimate of drug-likeness (QED) is 0.779. The molecule has 0 radical (unpaired) electrons. The van der Waals surface area contributed by atoms with Gasteiger partial charge in [0.2, 0.25) is 0 Å². The van der Waals surface area contributed by atoms with E-state index < -0.39 is 15.6 Å². The molecule has 0 bridgehead atoms. The number of sulfonamides is 1. The molecule has 0 aliphatic rings. The van der Waals surface area contributed by atoms with Crippen molar-refractivity contribution in [3.63, 3.8) is 0 Å². The first-order valence-corrected chi connectivity index (χ1v) is 7.77. The van der Waals surface area contributed by atoms with Crippen LogP contribution in [0, 0.1) is 0 Å². The number of methoxy groups -OCH3 is 1. The number of nitrogens with zero attached hydrogens (tertiary/aromatic N) is 1. The first-order chi connectivity index (χ1) is 8.27. The Bertz CT molecular complexity index is 487. The van der Waals surface area contributed by atoms with Gasteiger partial charge in [-0.15, -0.1) is 0 Å². The van der Waals surface area contributed by atoms with E-state index in [1.165, 1.54) is 20.2 Å². The van der Waals surface area contributed by atoms with Crippen molar-refractivity contribution in [3.05, 3.63) is 10.7 Å². The Labute approximate surface area is 115 Å². The van der Waals surface area contributed by atoms with Crippen LogP contribution in [0.5, 0.6) is 0 Å². The molecule has 6 nitrogen and oxygen atoms in total. The largest absolute Gasteiger partial charge is 0.389 e. The summed E-state index contributed by atoms with van der Waals surface area (Å²) in [6, 6.07) is 0. The van der Waals surface area contributed by atoms with Gasteiger partial charge < -0.3 is 9.84 Å². The summed E-state index contributed by atoms with van der Waals surface area (Å²) in [6.45, 7) is 1.78. The molecule has 0 amide bonds. The van der Waals surface area contributed by atoms with Gasteiger partial charge in [0.15, 0.2) is 8.68 Å². The number of ether oxygens (including phenoxy) is 1. The van der Waals surface area contributed by atoms with Gasteiger partial charge in [-0.05, 0) is 6.92 Å². The lowest BCUT2D eigenvalue weighted by molar-refractivity contribution is 0.0292. The van der Waals surface area contributed by atoms with Crippen LogP contribution in [0.15, 0.2) is 10.4 Å². The van der Waals surface area contributed by atoms with Crippen LogP contribution in [-0.2, 0) is 14.8 Å². The molecule has 0 saturated carbocycles. The van der Waals surface area contributed by atoms with Gasteiger partial charge >= 0.3 is 0 Å². The standard InChI is InChI=1S/C9H15ClN2O4S2/c1-9(13,3-4-16-2)6-12-18(14,15)7-5-11-8(10)17-7/h5,12-13H,3-4,6H2,1-2H3. The van der Waals surface area contributed by atoms with E-state index in [2.05, 4.69) is 9.71 Å². The maximum Gasteiger partial charge on any atom is 0.251 e. The monoisotopic (exact) mass is 314 g/mol. The molecule has 0 saturated heterocycles. The minimum atomic E-state index is -3.68. The molecule has 0 aliphatic carbocycles. The van der Waals surface area contributed by atoms with Gasteiger partial charge in [-0.3, -0.25) is 0 Å². The fraction of sp³-hybridized carbons (Fsp3) is 0.667. The second kappa shape index (κ2) is 6.27. The van der Waals surface area contributed by atoms with E-state index in [4.69, 9.17) is 16.3 Å². The Hall–Kier alpha value is -0.250. The lowest BCUT2D eigenvalue weighted by Crippen LogP contribution is -2.41. The third-order valence-corrected chi connectivity index (χ3v) is 5.19. The zero-order valence-electron chi connectivity index (χ0n) is 10.0. The predicted molar refractivity (Wildman–Crippen MR) is 69.4 cm³/mol. The average molecular weight is 315 g/mol. The highest BCUT2D eigenvalue weighted by Crippen LogP contribution is 2.22. The molecule has 1 rings (SSSR count). The van der Waals surface area contributed by atoms with Crippen molar-refractivity contribution in [2.24, 2.45) is 0 Å². The zero-order chi connectivity index (χ0) is 13.8. The normalized spacial score (nSPS) is 15.6. The molecule has 1 atom stereocenters. The topological polar surface area (TPSA) is 88.5 Å². The van der Waals surface area contributed by atoms with E-state index in [9.17, 15) is 13.5 Å². The molecule has 1 aromatic rings. The van der Waals surface area contributed by atoms with Crippen molar-refractivity contribution in [2.75, 3.05) is 20.3 Å². The molecule has 1 aromatic heterocycles. The second-order valence-corrected chi connectivity index (χ2v) is 7.60. The number of hydrogen-bond acceptors (Lipinski definition) is 6. The maximum absolute atomic E-state index is 11.8. The summed E-state index contributed by atoms with van der Waals surface area (Å²) in [6.07, 6.45) is 1.51. The van der Waals surface area contributed by atoms with Crippen molar-refractivity contribution >= 4 is 33.0 Å². The van der Waals surface area contributed by atoms with Crippen LogP contribution in [0.1, 0.15) is 13.3 Å². The molecule has 0 aliphatic heterocycles. The molecule has 1 heterocycles. The highest BCUT2D eigenvalue weighted by atomic mass is 35.5. The summed E-state index contributed by atoms with van der Waals surface area (Å²) in [5.74, 6) is 0. The van der Waals surface area contributed by atoms with E-state index in [1.54, 1.807) is 0 Å². The summed E-state index contributed by atoms with van der Waals surface area (Å²) >= 11 is 6.43. The van der Waals surface area contributed by atoms with Gasteiger partial charge in [-0.1, -0.05) is 22.9 Å². The number of aliphatic hydroxyl groups is 1. The molecule has 9 heteroatoms. The van der Waals surface area contributed by atoms with Crippen LogP contribution in [0.25, 0.3) is 0 Å². The fourth-order valence-electron chi connectivity index (χ4n) is 1.10. The molecule has 0 aromatic carbocycles. The van der Waals surface area contributed by atoms with E-state index >= 15 is 0 Å². The Morgan fingerprint density at radius 1 is 1.67 bits per heavy atom. The number of halogens is 1. The Kier molecular flexibility index (Phi) is 5.50. The molecule has 2 N–H and O–H groups in total. The van der Waals surface area contributed by atoms with Gasteiger partial charge in [-0.25, -0.2) is 18.1 Å². The van der Waals surface area contributed by atoms with Crippen LogP contribution in [-0.4, -0.2) is 44.4 Å². The Morgan fingerprint density at radius 3 is 2.83 bits per heavy atom. The van der Waals surface area contributed by atoms with E-state index in [0.717, 1.165) is 11.3 Å². The maximum atomic E-state index is 11.8. The minimum Gasteiger partial charge on any atom is -0.389 e. The van der Waals surface area contributed by atoms with Gasteiger partial charge in [0.25, 0.3) is 10.0 Å². The average Bonchev–Trinajstić information content (AvgIpc) is 2.72. The van der Waals surface area contributed by atoms with Crippen LogP contribution < -0.4 is 4.72 Å². The van der Waals surface area contributed by atoms with Crippen molar-refractivity contribution < 1.29 is 18.3 Å². The van der Waals surface area contributed by atoms with Gasteiger partial charge in [-0.2, -0.15) is 0 Å². The van der Waals surface area contributed by atoms with Crippen molar-refractivity contribution in [1.82, 2.24) is 9.71 Å². The lowest BCUT2D eigenvalue weighted by Gasteiger charge is -2.22. The Balaban J connectivity index is 2.62. The second-order valence-electron chi connectivity index (χ2n) is 4.00. The summed E-state index contributed by atoms with van der Waals surface area (Å²) in [5.41, 5.74) is -1.17. The SMILES string of the molecule is COCCC(C)(O)CNS(=O)(=O)c1cnc(Cl)s1. The Morgan fingerprint density at radius 2 is 2.33 bits per heavy atom. The number of hydrogen-bond donors (Lipinski definition) is 2. The molecule has 0 fully saturated rings. The molecular formula is C9H15ClN2O4S2. The summed E-state index contributed by atoms with van der Waals surface area (Å²) in [5, 5.41) is 9.92. The van der Waals surface area contributed by atoms with E-state index in [-0.39, 0.29) is 15.2 Å². The van der Waals surface area contributed by atoms with Gasteiger partial charge in [0, 0.05) is 26.7 Å². The van der Waals surface area contributed by atoms with Crippen LogP contribution in [0.2, 0.25) is 4.47 Å². The number of aromatic nitrogens is 1. The minimum absolute atomic E-state index is 0.0232. The summed E-state index contributed by atoms with van der Waals surface area (Å²) < 4.78 is 31.0. The van der Waals surface area contributed by atoms with Crippen molar-refractivity contribution in [3.8, 4) is 0 Å². The number of thiazole rings is 1. The van der Waals surface area contributed by atoms with Gasteiger partial charge in [0.05, 0.1) is 11.8 Å². The third-order valence-electron chi connectivity index (χ3n) is 2.21. The number of nitrogens with one attached hydrogen (secondary N) is 1. The highest BCUT2D eigenvalue weighted by molar-refractivity contribution is 7.91.